The molecule has 0 unspecified atom stereocenters. The van der Waals surface area contributed by atoms with Gasteiger partial charge in [-0.15, -0.1) is 0 Å². The maximum Gasteiger partial charge on any atom is 0.317 e. The Labute approximate surface area is 117 Å². The van der Waals surface area contributed by atoms with Crippen LogP contribution < -0.4 is 5.32 Å². The SMILES string of the molecule is CN(Cc1nccn1C)C(=O)N[C@H]1CC[C@@H](C(=O)O)C1. The lowest BCUT2D eigenvalue weighted by atomic mass is 10.1. The maximum absolute atomic E-state index is 12.0. The number of amides is 2. The van der Waals surface area contributed by atoms with Crippen LogP contribution in [0.25, 0.3) is 0 Å². The Hall–Kier alpha value is -2.05. The molecule has 20 heavy (non-hydrogen) atoms. The minimum absolute atomic E-state index is 0.0487. The molecule has 2 atom stereocenters. The Morgan fingerprint density at radius 3 is 2.85 bits per heavy atom. The van der Waals surface area contributed by atoms with Crippen LogP contribution in [-0.2, 0) is 18.4 Å². The molecule has 0 spiro atoms. The highest BCUT2D eigenvalue weighted by Gasteiger charge is 2.31. The van der Waals surface area contributed by atoms with Crippen LogP contribution >= 0.6 is 0 Å². The summed E-state index contributed by atoms with van der Waals surface area (Å²) < 4.78 is 1.86. The summed E-state index contributed by atoms with van der Waals surface area (Å²) >= 11 is 0. The maximum atomic E-state index is 12.0. The van der Waals surface area contributed by atoms with Crippen molar-refractivity contribution in [2.24, 2.45) is 13.0 Å². The molecule has 1 aliphatic carbocycles. The standard InChI is InChI=1S/C13H20N4O3/c1-16-6-5-14-11(16)8-17(2)13(20)15-10-4-3-9(7-10)12(18)19/h5-6,9-10H,3-4,7-8H2,1-2H3,(H,15,20)(H,18,19)/t9-,10+/m1/s1. The average molecular weight is 280 g/mol. The molecule has 2 rings (SSSR count). The predicted molar refractivity (Wildman–Crippen MR) is 72.0 cm³/mol. The average Bonchev–Trinajstić information content (AvgIpc) is 2.99. The van der Waals surface area contributed by atoms with E-state index in [2.05, 4.69) is 10.3 Å². The molecule has 110 valence electrons. The lowest BCUT2D eigenvalue weighted by Crippen LogP contribution is -2.42. The van der Waals surface area contributed by atoms with E-state index < -0.39 is 5.97 Å². The zero-order chi connectivity index (χ0) is 14.7. The number of carbonyl (C=O) groups is 2. The van der Waals surface area contributed by atoms with E-state index in [0.29, 0.717) is 19.4 Å². The van der Waals surface area contributed by atoms with Gasteiger partial charge in [-0.05, 0) is 19.3 Å². The third-order valence-electron chi connectivity index (χ3n) is 3.76. The molecule has 7 heteroatoms. The van der Waals surface area contributed by atoms with E-state index in [1.807, 2.05) is 17.8 Å². The Kier molecular flexibility index (Phi) is 4.26. The molecule has 0 aromatic carbocycles. The molecule has 1 heterocycles. The summed E-state index contributed by atoms with van der Waals surface area (Å²) in [5, 5.41) is 11.8. The molecule has 1 aliphatic rings. The number of imidazole rings is 1. The van der Waals surface area contributed by atoms with Crippen LogP contribution in [0.5, 0.6) is 0 Å². The second-order valence-corrected chi connectivity index (χ2v) is 5.31. The van der Waals surface area contributed by atoms with Gasteiger partial charge in [0.25, 0.3) is 0 Å². The van der Waals surface area contributed by atoms with E-state index in [-0.39, 0.29) is 18.0 Å². The van der Waals surface area contributed by atoms with E-state index in [1.54, 1.807) is 18.1 Å². The minimum atomic E-state index is -0.775. The normalized spacial score (nSPS) is 21.7. The summed E-state index contributed by atoms with van der Waals surface area (Å²) in [4.78, 5) is 28.6. The van der Waals surface area contributed by atoms with Gasteiger partial charge in [0, 0.05) is 32.5 Å². The number of carboxylic acids is 1. The van der Waals surface area contributed by atoms with Gasteiger partial charge in [0.15, 0.2) is 0 Å². The highest BCUT2D eigenvalue weighted by atomic mass is 16.4. The zero-order valence-electron chi connectivity index (χ0n) is 11.7. The van der Waals surface area contributed by atoms with E-state index >= 15 is 0 Å². The molecule has 1 fully saturated rings. The Bertz CT molecular complexity index is 500. The van der Waals surface area contributed by atoms with Gasteiger partial charge in [-0.25, -0.2) is 9.78 Å². The minimum Gasteiger partial charge on any atom is -0.481 e. The molecule has 0 saturated heterocycles. The van der Waals surface area contributed by atoms with Gasteiger partial charge in [-0.1, -0.05) is 0 Å². The number of nitrogens with one attached hydrogen (secondary N) is 1. The van der Waals surface area contributed by atoms with Crippen molar-refractivity contribution in [3.63, 3.8) is 0 Å². The summed E-state index contributed by atoms with van der Waals surface area (Å²) in [5.41, 5.74) is 0. The van der Waals surface area contributed by atoms with Crippen LogP contribution in [0, 0.1) is 5.92 Å². The van der Waals surface area contributed by atoms with Crippen LogP contribution in [0.3, 0.4) is 0 Å². The van der Waals surface area contributed by atoms with Crippen molar-refractivity contribution >= 4 is 12.0 Å². The highest BCUT2D eigenvalue weighted by Crippen LogP contribution is 2.25. The lowest BCUT2D eigenvalue weighted by molar-refractivity contribution is -0.141. The topological polar surface area (TPSA) is 87.5 Å². The summed E-state index contributed by atoms with van der Waals surface area (Å²) in [5.74, 6) is -0.305. The van der Waals surface area contributed by atoms with Gasteiger partial charge >= 0.3 is 12.0 Å². The third-order valence-corrected chi connectivity index (χ3v) is 3.76. The number of rotatable bonds is 4. The van der Waals surface area contributed by atoms with Crippen molar-refractivity contribution < 1.29 is 14.7 Å². The van der Waals surface area contributed by atoms with Gasteiger partial charge in [-0.2, -0.15) is 0 Å². The number of aromatic nitrogens is 2. The monoisotopic (exact) mass is 280 g/mol. The van der Waals surface area contributed by atoms with Crippen molar-refractivity contribution in [3.05, 3.63) is 18.2 Å². The van der Waals surface area contributed by atoms with Gasteiger partial charge in [-0.3, -0.25) is 4.79 Å². The molecular weight excluding hydrogens is 260 g/mol. The second-order valence-electron chi connectivity index (χ2n) is 5.31. The van der Waals surface area contributed by atoms with Gasteiger partial charge in [0.05, 0.1) is 12.5 Å². The van der Waals surface area contributed by atoms with E-state index in [4.69, 9.17) is 5.11 Å². The zero-order valence-corrected chi connectivity index (χ0v) is 11.7. The first-order valence-electron chi connectivity index (χ1n) is 6.68. The van der Waals surface area contributed by atoms with E-state index in [0.717, 1.165) is 12.2 Å². The van der Waals surface area contributed by atoms with Crippen molar-refractivity contribution in [3.8, 4) is 0 Å². The number of hydrogen-bond acceptors (Lipinski definition) is 3. The third kappa shape index (κ3) is 3.28. The van der Waals surface area contributed by atoms with Crippen molar-refractivity contribution in [1.29, 1.82) is 0 Å². The number of hydrogen-bond donors (Lipinski definition) is 2. The number of aryl methyl sites for hydroxylation is 1. The number of aliphatic carboxylic acids is 1. The second kappa shape index (κ2) is 5.94. The van der Waals surface area contributed by atoms with Crippen LogP contribution in [0.15, 0.2) is 12.4 Å². The Balaban J connectivity index is 1.83. The van der Waals surface area contributed by atoms with E-state index in [9.17, 15) is 9.59 Å². The number of carbonyl (C=O) groups excluding carboxylic acids is 1. The predicted octanol–water partition coefficient (Wildman–Crippen LogP) is 0.815. The molecule has 1 aromatic rings. The molecule has 1 aromatic heterocycles. The molecule has 0 radical (unpaired) electrons. The van der Waals surface area contributed by atoms with Crippen molar-refractivity contribution in [1.82, 2.24) is 19.8 Å². The Morgan fingerprint density at radius 1 is 1.55 bits per heavy atom. The lowest BCUT2D eigenvalue weighted by Gasteiger charge is -2.20. The number of nitrogens with zero attached hydrogens (tertiary/aromatic N) is 3. The van der Waals surface area contributed by atoms with Crippen LogP contribution in [0.4, 0.5) is 4.79 Å². The number of urea groups is 1. The Morgan fingerprint density at radius 2 is 2.30 bits per heavy atom. The molecule has 0 aliphatic heterocycles. The highest BCUT2D eigenvalue weighted by molar-refractivity contribution is 5.75. The molecule has 2 N–H and O–H groups in total. The molecule has 7 nitrogen and oxygen atoms in total. The fourth-order valence-electron chi connectivity index (χ4n) is 2.45. The van der Waals surface area contributed by atoms with Gasteiger partial charge < -0.3 is 19.9 Å². The van der Waals surface area contributed by atoms with Crippen LogP contribution in [-0.4, -0.2) is 44.6 Å². The number of carboxylic acid groups (broad SMARTS) is 1. The van der Waals surface area contributed by atoms with Crippen LogP contribution in [0.2, 0.25) is 0 Å². The molecule has 2 amide bonds. The summed E-state index contributed by atoms with van der Waals surface area (Å²) in [6.45, 7) is 0.421. The molecule has 1 saturated carbocycles. The van der Waals surface area contributed by atoms with Crippen molar-refractivity contribution in [2.45, 2.75) is 31.8 Å². The smallest absolute Gasteiger partial charge is 0.317 e. The largest absolute Gasteiger partial charge is 0.481 e. The summed E-state index contributed by atoms with van der Waals surface area (Å²) in [6, 6.07) is -0.239. The fraction of sp³-hybridized carbons (Fsp3) is 0.615. The first kappa shape index (κ1) is 14.4. The quantitative estimate of drug-likeness (QED) is 0.854. The molecule has 0 bridgehead atoms. The van der Waals surface area contributed by atoms with Gasteiger partial charge in [0.2, 0.25) is 0 Å². The summed E-state index contributed by atoms with van der Waals surface area (Å²) in [6.07, 6.45) is 5.38. The summed E-state index contributed by atoms with van der Waals surface area (Å²) in [7, 11) is 3.58. The van der Waals surface area contributed by atoms with Crippen molar-refractivity contribution in [2.75, 3.05) is 7.05 Å². The first-order chi connectivity index (χ1) is 9.47. The first-order valence-corrected chi connectivity index (χ1v) is 6.68. The molecular formula is C13H20N4O3. The van der Waals surface area contributed by atoms with Gasteiger partial charge in [0.1, 0.15) is 5.82 Å². The fourth-order valence-corrected chi connectivity index (χ4v) is 2.45. The van der Waals surface area contributed by atoms with E-state index in [1.165, 1.54) is 0 Å². The van der Waals surface area contributed by atoms with Crippen LogP contribution in [0.1, 0.15) is 25.1 Å².